The number of aromatic nitrogens is 3. The summed E-state index contributed by atoms with van der Waals surface area (Å²) >= 11 is 0. The highest BCUT2D eigenvalue weighted by atomic mass is 19.4. The van der Waals surface area contributed by atoms with Crippen molar-refractivity contribution in [2.75, 3.05) is 29.0 Å². The minimum absolute atomic E-state index is 0.0369. The van der Waals surface area contributed by atoms with Gasteiger partial charge in [0.25, 0.3) is 0 Å². The van der Waals surface area contributed by atoms with Gasteiger partial charge in [0.05, 0.1) is 40.8 Å². The maximum absolute atomic E-state index is 13.2. The van der Waals surface area contributed by atoms with E-state index >= 15 is 0 Å². The first kappa shape index (κ1) is 21.1. The Morgan fingerprint density at radius 1 is 1.23 bits per heavy atom. The highest BCUT2D eigenvalue weighted by Gasteiger charge is 2.31. The number of alkyl halides is 3. The largest absolute Gasteiger partial charge is 0.416 e. The third kappa shape index (κ3) is 4.34. The van der Waals surface area contributed by atoms with E-state index in [9.17, 15) is 18.3 Å². The van der Waals surface area contributed by atoms with Gasteiger partial charge in [-0.15, -0.1) is 5.10 Å². The predicted molar refractivity (Wildman–Crippen MR) is 113 cm³/mol. The van der Waals surface area contributed by atoms with E-state index in [0.29, 0.717) is 47.5 Å². The van der Waals surface area contributed by atoms with Crippen molar-refractivity contribution in [3.8, 4) is 0 Å². The lowest BCUT2D eigenvalue weighted by Gasteiger charge is -2.20. The van der Waals surface area contributed by atoms with Crippen molar-refractivity contribution >= 4 is 28.1 Å². The molecule has 164 valence electrons. The van der Waals surface area contributed by atoms with Gasteiger partial charge in [0, 0.05) is 24.2 Å². The predicted octanol–water partition coefficient (Wildman–Crippen LogP) is 3.68. The SMILES string of the molecule is Cc1nnc(N[C@H](C)c2cc(N)cc(C(F)(F)F)c2)c2cc(N3CC[C@H](O)C3)cnc12. The van der Waals surface area contributed by atoms with Crippen LogP contribution in [0.2, 0.25) is 0 Å². The lowest BCUT2D eigenvalue weighted by Crippen LogP contribution is -2.21. The van der Waals surface area contributed by atoms with Crippen LogP contribution in [0.4, 0.5) is 30.4 Å². The molecule has 0 spiro atoms. The van der Waals surface area contributed by atoms with Gasteiger partial charge >= 0.3 is 6.18 Å². The second-order valence-corrected chi connectivity index (χ2v) is 7.86. The van der Waals surface area contributed by atoms with E-state index in [0.717, 1.165) is 17.8 Å². The Labute approximate surface area is 177 Å². The van der Waals surface area contributed by atoms with Gasteiger partial charge < -0.3 is 21.1 Å². The van der Waals surface area contributed by atoms with E-state index < -0.39 is 17.8 Å². The first-order valence-electron chi connectivity index (χ1n) is 9.92. The molecule has 1 aliphatic heterocycles. The van der Waals surface area contributed by atoms with Gasteiger partial charge in [-0.25, -0.2) is 0 Å². The summed E-state index contributed by atoms with van der Waals surface area (Å²) in [6, 6.07) is 4.90. The smallest absolute Gasteiger partial charge is 0.399 e. The third-order valence-electron chi connectivity index (χ3n) is 5.46. The van der Waals surface area contributed by atoms with Crippen LogP contribution in [0.15, 0.2) is 30.5 Å². The molecule has 4 rings (SSSR count). The van der Waals surface area contributed by atoms with Crippen LogP contribution in [0.25, 0.3) is 10.9 Å². The van der Waals surface area contributed by atoms with E-state index in [1.807, 2.05) is 11.0 Å². The summed E-state index contributed by atoms with van der Waals surface area (Å²) in [5.41, 5.74) is 7.47. The quantitative estimate of drug-likeness (QED) is 0.541. The van der Waals surface area contributed by atoms with Crippen LogP contribution in [-0.2, 0) is 6.18 Å². The molecule has 1 aromatic carbocycles. The van der Waals surface area contributed by atoms with Gasteiger partial charge in [-0.05, 0) is 50.1 Å². The first-order chi connectivity index (χ1) is 14.6. The number of hydrogen-bond donors (Lipinski definition) is 3. The topological polar surface area (TPSA) is 100 Å². The number of β-amino-alcohol motifs (C(OH)–C–C–N with tert-alkyl or cyclic N) is 1. The molecule has 1 fully saturated rings. The van der Waals surface area contributed by atoms with Crippen molar-refractivity contribution < 1.29 is 18.3 Å². The lowest BCUT2D eigenvalue weighted by atomic mass is 10.0. The fourth-order valence-corrected chi connectivity index (χ4v) is 3.78. The zero-order valence-electron chi connectivity index (χ0n) is 17.1. The number of nitrogens with two attached hydrogens (primary N) is 1. The molecule has 2 atom stereocenters. The highest BCUT2D eigenvalue weighted by Crippen LogP contribution is 2.34. The maximum Gasteiger partial charge on any atom is 0.416 e. The molecule has 0 unspecified atom stereocenters. The first-order valence-corrected chi connectivity index (χ1v) is 9.92. The molecule has 2 aromatic heterocycles. The van der Waals surface area contributed by atoms with Crippen molar-refractivity contribution in [2.45, 2.75) is 38.6 Å². The van der Waals surface area contributed by atoms with Gasteiger partial charge in [0.1, 0.15) is 0 Å². The Morgan fingerprint density at radius 2 is 2.00 bits per heavy atom. The Kier molecular flexibility index (Phi) is 5.34. The molecule has 7 nitrogen and oxygen atoms in total. The number of pyridine rings is 1. The van der Waals surface area contributed by atoms with Crippen LogP contribution in [0.5, 0.6) is 0 Å². The van der Waals surface area contributed by atoms with Crippen molar-refractivity contribution in [1.82, 2.24) is 15.2 Å². The van der Waals surface area contributed by atoms with Crippen molar-refractivity contribution in [3.05, 3.63) is 47.3 Å². The third-order valence-corrected chi connectivity index (χ3v) is 5.46. The van der Waals surface area contributed by atoms with E-state index in [2.05, 4.69) is 20.5 Å². The molecule has 0 radical (unpaired) electrons. The van der Waals surface area contributed by atoms with Crippen molar-refractivity contribution in [1.29, 1.82) is 0 Å². The van der Waals surface area contributed by atoms with Crippen LogP contribution in [0, 0.1) is 6.92 Å². The molecule has 1 aliphatic rings. The van der Waals surface area contributed by atoms with Gasteiger partial charge in [0.2, 0.25) is 0 Å². The number of nitrogens with one attached hydrogen (secondary N) is 1. The summed E-state index contributed by atoms with van der Waals surface area (Å²) in [7, 11) is 0. The molecule has 4 N–H and O–H groups in total. The van der Waals surface area contributed by atoms with Crippen LogP contribution in [-0.4, -0.2) is 39.5 Å². The number of nitrogens with zero attached hydrogens (tertiary/aromatic N) is 4. The Hall–Kier alpha value is -3.14. The van der Waals surface area contributed by atoms with Crippen LogP contribution >= 0.6 is 0 Å². The minimum Gasteiger partial charge on any atom is -0.399 e. The van der Waals surface area contributed by atoms with Gasteiger partial charge in [-0.2, -0.15) is 18.3 Å². The van der Waals surface area contributed by atoms with Gasteiger partial charge in [-0.1, -0.05) is 0 Å². The molecule has 0 bridgehead atoms. The summed E-state index contributed by atoms with van der Waals surface area (Å²) in [4.78, 5) is 6.55. The van der Waals surface area contributed by atoms with Crippen molar-refractivity contribution in [3.63, 3.8) is 0 Å². The Balaban J connectivity index is 1.69. The minimum atomic E-state index is -4.49. The summed E-state index contributed by atoms with van der Waals surface area (Å²) < 4.78 is 39.5. The number of benzene rings is 1. The van der Waals surface area contributed by atoms with Gasteiger partial charge in [0.15, 0.2) is 5.82 Å². The number of rotatable bonds is 4. The molecule has 3 aromatic rings. The molecular formula is C21H23F3N6O. The fourth-order valence-electron chi connectivity index (χ4n) is 3.78. The zero-order valence-corrected chi connectivity index (χ0v) is 17.1. The summed E-state index contributed by atoms with van der Waals surface area (Å²) in [5, 5.41) is 22.1. The number of fused-ring (bicyclic) bond motifs is 1. The van der Waals surface area contributed by atoms with Crippen molar-refractivity contribution in [2.24, 2.45) is 0 Å². The number of aryl methyl sites for hydroxylation is 1. The lowest BCUT2D eigenvalue weighted by molar-refractivity contribution is -0.137. The maximum atomic E-state index is 13.2. The fraction of sp³-hybridized carbons (Fsp3) is 0.381. The number of halogens is 3. The van der Waals surface area contributed by atoms with Gasteiger partial charge in [-0.3, -0.25) is 4.98 Å². The molecular weight excluding hydrogens is 409 g/mol. The second kappa shape index (κ2) is 7.84. The van der Waals surface area contributed by atoms with E-state index in [-0.39, 0.29) is 11.8 Å². The Morgan fingerprint density at radius 3 is 2.68 bits per heavy atom. The monoisotopic (exact) mass is 432 g/mol. The normalized spacial score (nSPS) is 17.9. The summed E-state index contributed by atoms with van der Waals surface area (Å²) in [6.07, 6.45) is -2.45. The molecule has 31 heavy (non-hydrogen) atoms. The number of aliphatic hydroxyl groups is 1. The molecule has 10 heteroatoms. The number of nitrogen functional groups attached to an aromatic ring is 1. The van der Waals surface area contributed by atoms with E-state index in [4.69, 9.17) is 5.73 Å². The summed E-state index contributed by atoms with van der Waals surface area (Å²) in [5.74, 6) is 0.415. The average Bonchev–Trinajstić information content (AvgIpc) is 3.15. The molecule has 0 aliphatic carbocycles. The molecule has 0 saturated carbocycles. The molecule has 3 heterocycles. The Bertz CT molecular complexity index is 1120. The highest BCUT2D eigenvalue weighted by molar-refractivity contribution is 5.92. The number of hydrogen-bond acceptors (Lipinski definition) is 7. The number of anilines is 3. The van der Waals surface area contributed by atoms with Crippen LogP contribution in [0.1, 0.15) is 36.2 Å². The summed E-state index contributed by atoms with van der Waals surface area (Å²) in [6.45, 7) is 4.76. The number of aliphatic hydroxyl groups excluding tert-OH is 1. The molecule has 1 saturated heterocycles. The zero-order chi connectivity index (χ0) is 22.3. The molecule has 0 amide bonds. The van der Waals surface area contributed by atoms with Crippen LogP contribution in [0.3, 0.4) is 0 Å². The second-order valence-electron chi connectivity index (χ2n) is 7.86. The standard InChI is InChI=1S/C21H23F3N6O/c1-11(13-5-14(21(22,23)24)7-15(25)6-13)27-20-18-8-16(30-4-3-17(31)10-30)9-26-19(18)12(2)28-29-20/h5-9,11,17,31H,3-4,10,25H2,1-2H3,(H,27,29)/t11-,17+/m1/s1. The average molecular weight is 432 g/mol. The van der Waals surface area contributed by atoms with Crippen LogP contribution < -0.4 is 16.0 Å². The van der Waals surface area contributed by atoms with E-state index in [1.165, 1.54) is 6.07 Å². The van der Waals surface area contributed by atoms with E-state index in [1.54, 1.807) is 20.0 Å².